The van der Waals surface area contributed by atoms with Gasteiger partial charge in [0.05, 0.1) is 48.8 Å². The number of primary amides is 1. The lowest BCUT2D eigenvalue weighted by molar-refractivity contribution is -0.120. The molecule has 2 aromatic rings. The number of aliphatic hydroxyl groups is 1. The van der Waals surface area contributed by atoms with Gasteiger partial charge in [0, 0.05) is 68.6 Å². The van der Waals surface area contributed by atoms with Gasteiger partial charge in [-0.05, 0) is 70.1 Å². The summed E-state index contributed by atoms with van der Waals surface area (Å²) < 4.78 is 34.6. The van der Waals surface area contributed by atoms with E-state index in [9.17, 15) is 29.1 Å². The van der Waals surface area contributed by atoms with E-state index in [1.807, 2.05) is 31.7 Å². The number of unbranched alkanes of at least 4 members (excludes halogenated alkanes) is 4. The van der Waals surface area contributed by atoms with Crippen molar-refractivity contribution < 1.29 is 52.4 Å². The zero-order valence-corrected chi connectivity index (χ0v) is 38.7. The van der Waals surface area contributed by atoms with Crippen LogP contribution in [0.5, 0.6) is 5.75 Å². The third-order valence-corrected chi connectivity index (χ3v) is 12.1. The number of ketones is 2. The molecule has 65 heavy (non-hydrogen) atoms. The highest BCUT2D eigenvalue weighted by molar-refractivity contribution is 6.23. The number of anilines is 1. The van der Waals surface area contributed by atoms with Crippen LogP contribution in [0.15, 0.2) is 85.9 Å². The van der Waals surface area contributed by atoms with Gasteiger partial charge in [0.2, 0.25) is 11.6 Å². The van der Waals surface area contributed by atoms with Crippen LogP contribution in [0, 0.1) is 18.8 Å². The standard InChI is InChI=1S/C49H66N4O12/c1-29-24-35-43(51-18-11-9-8-10-12-21-63-39-17-16-34-37(54)28-42(64-47(34)33(39)5)53-19-22-62-23-20-53)38(55)27-36(45(35)57)52-48(58)30(2)14-13-15-40(60-6)46(65-49(50)59)32(4)26-31(3)44(56)41(25-29)61-7/h13-17,26-29,31,40-41,44,46,51,56H,8-12,18-25H2,1-7H3,(H2,50,59)(H,52,58)/b15-13-,30-14+,32-26+/t29-,31+,40+,41+,44-,46+/m1/s1. The number of nitrogens with two attached hydrogens (primary N) is 1. The molecule has 3 heterocycles. The highest BCUT2D eigenvalue weighted by Gasteiger charge is 2.33. The molecule has 2 amide bonds. The number of ether oxygens (including phenoxy) is 5. The van der Waals surface area contributed by atoms with E-state index in [1.165, 1.54) is 26.4 Å². The number of hydrogen-bond acceptors (Lipinski definition) is 14. The van der Waals surface area contributed by atoms with Crippen molar-refractivity contribution in [2.45, 2.75) is 104 Å². The predicted octanol–water partition coefficient (Wildman–Crippen LogP) is 5.63. The van der Waals surface area contributed by atoms with Gasteiger partial charge in [0.1, 0.15) is 17.4 Å². The van der Waals surface area contributed by atoms with Crippen molar-refractivity contribution >= 4 is 40.4 Å². The van der Waals surface area contributed by atoms with Crippen LogP contribution in [-0.4, -0.2) is 107 Å². The molecule has 16 nitrogen and oxygen atoms in total. The topological polar surface area (TPSA) is 218 Å². The van der Waals surface area contributed by atoms with Gasteiger partial charge in [0.25, 0.3) is 5.91 Å². The highest BCUT2D eigenvalue weighted by Crippen LogP contribution is 2.31. The Morgan fingerprint density at radius 2 is 1.72 bits per heavy atom. The number of aryl methyl sites for hydroxylation is 1. The summed E-state index contributed by atoms with van der Waals surface area (Å²) in [4.78, 5) is 67.9. The Kier molecular flexibility index (Phi) is 18.7. The maximum absolute atomic E-state index is 14.1. The minimum absolute atomic E-state index is 0.0932. The van der Waals surface area contributed by atoms with Crippen molar-refractivity contribution in [3.8, 4) is 5.75 Å². The molecule has 2 bridgehead atoms. The summed E-state index contributed by atoms with van der Waals surface area (Å²) in [6.45, 7) is 12.3. The second kappa shape index (κ2) is 24.1. The van der Waals surface area contributed by atoms with Gasteiger partial charge in [-0.2, -0.15) is 0 Å². The number of allylic oxidation sites excluding steroid dienone is 4. The van der Waals surface area contributed by atoms with E-state index in [-0.39, 0.29) is 40.3 Å². The van der Waals surface area contributed by atoms with Gasteiger partial charge >= 0.3 is 6.09 Å². The number of benzene rings is 1. The number of aliphatic hydroxyl groups excluding tert-OH is 1. The number of carbonyl (C=O) groups excluding carboxylic acids is 4. The molecular formula is C49H66N4O12. The van der Waals surface area contributed by atoms with Gasteiger partial charge in [-0.25, -0.2) is 4.79 Å². The minimum atomic E-state index is -1.01. The third kappa shape index (κ3) is 13.5. The molecule has 1 fully saturated rings. The number of methoxy groups -OCH3 is 2. The van der Waals surface area contributed by atoms with E-state index in [2.05, 4.69) is 10.6 Å². The van der Waals surface area contributed by atoms with Gasteiger partial charge in [-0.3, -0.25) is 19.2 Å². The van der Waals surface area contributed by atoms with Gasteiger partial charge in [-0.1, -0.05) is 57.4 Å². The van der Waals surface area contributed by atoms with Crippen LogP contribution in [0.1, 0.15) is 78.2 Å². The highest BCUT2D eigenvalue weighted by atomic mass is 16.6. The number of amides is 2. The molecule has 1 saturated heterocycles. The Hall–Kier alpha value is -5.55. The molecule has 0 radical (unpaired) electrons. The fourth-order valence-corrected chi connectivity index (χ4v) is 8.35. The molecule has 16 heteroatoms. The van der Waals surface area contributed by atoms with E-state index >= 15 is 0 Å². The maximum Gasteiger partial charge on any atom is 0.405 e. The number of nitrogens with zero attached hydrogens (tertiary/aromatic N) is 1. The van der Waals surface area contributed by atoms with Crippen molar-refractivity contribution in [1.82, 2.24) is 10.6 Å². The van der Waals surface area contributed by atoms with E-state index in [1.54, 1.807) is 38.1 Å². The average Bonchev–Trinajstić information content (AvgIpc) is 3.28. The van der Waals surface area contributed by atoms with Gasteiger partial charge in [-0.15, -0.1) is 0 Å². The van der Waals surface area contributed by atoms with Crippen molar-refractivity contribution in [3.05, 3.63) is 92.5 Å². The van der Waals surface area contributed by atoms with Gasteiger partial charge < -0.3 is 54.5 Å². The normalized spacial score (nSPS) is 26.1. The Morgan fingerprint density at radius 3 is 2.43 bits per heavy atom. The molecule has 6 atom stereocenters. The summed E-state index contributed by atoms with van der Waals surface area (Å²) >= 11 is 0. The van der Waals surface area contributed by atoms with Crippen molar-refractivity contribution in [3.63, 3.8) is 0 Å². The molecule has 1 aliphatic carbocycles. The summed E-state index contributed by atoms with van der Waals surface area (Å²) in [7, 11) is 2.94. The molecular weight excluding hydrogens is 837 g/mol. The first-order valence-electron chi connectivity index (χ1n) is 22.5. The van der Waals surface area contributed by atoms with E-state index < -0.39 is 53.9 Å². The zero-order chi connectivity index (χ0) is 47.2. The molecule has 1 aromatic carbocycles. The fourth-order valence-electron chi connectivity index (χ4n) is 8.35. The second-order valence-corrected chi connectivity index (χ2v) is 17.1. The molecule has 2 aliphatic heterocycles. The van der Waals surface area contributed by atoms with Crippen LogP contribution < -0.4 is 31.4 Å². The number of morpholine rings is 1. The SMILES string of the molecule is CO[C@H]1/C=C\C=C(/C)C(=O)NC2=CC(=O)C(NCCCCCCCOc3ccc4c(=O)cc(N5CCOCC5)oc4c3C)=C(C[C@@H](C)C[C@H](OC)[C@H](O)[C@@H](C)/C=C(\C)[C@@H]1OC(N)=O)C2=O. The average molecular weight is 903 g/mol. The molecule has 5 N–H and O–H groups in total. The van der Waals surface area contributed by atoms with Crippen LogP contribution >= 0.6 is 0 Å². The van der Waals surface area contributed by atoms with E-state index in [4.69, 9.17) is 33.8 Å². The summed E-state index contributed by atoms with van der Waals surface area (Å²) in [5.74, 6) is -0.978. The maximum atomic E-state index is 14.1. The second-order valence-electron chi connectivity index (χ2n) is 17.1. The molecule has 0 unspecified atom stereocenters. The summed E-state index contributed by atoms with van der Waals surface area (Å²) in [6.07, 6.45) is 7.97. The van der Waals surface area contributed by atoms with Crippen LogP contribution in [0.3, 0.4) is 0 Å². The number of carbonyl (C=O) groups is 4. The zero-order valence-electron chi connectivity index (χ0n) is 38.7. The van der Waals surface area contributed by atoms with Crippen LogP contribution in [0.25, 0.3) is 11.0 Å². The summed E-state index contributed by atoms with van der Waals surface area (Å²) in [5.41, 5.74) is 7.75. The number of rotatable bonds is 14. The van der Waals surface area contributed by atoms with Gasteiger partial charge in [0.15, 0.2) is 17.4 Å². The lowest BCUT2D eigenvalue weighted by Gasteiger charge is -2.30. The first kappa shape index (κ1) is 50.4. The first-order valence-corrected chi connectivity index (χ1v) is 22.5. The summed E-state index contributed by atoms with van der Waals surface area (Å²) in [5, 5.41) is 17.9. The van der Waals surface area contributed by atoms with E-state index in [0.717, 1.165) is 43.7 Å². The molecule has 3 aliphatic rings. The lowest BCUT2D eigenvalue weighted by atomic mass is 9.85. The van der Waals surface area contributed by atoms with E-state index in [0.29, 0.717) is 74.1 Å². The number of fused-ring (bicyclic) bond motifs is 3. The number of Topliss-reactive ketones (excluding diaryl/α,β-unsaturated/α-hetero) is 1. The van der Waals surface area contributed by atoms with Crippen molar-refractivity contribution in [2.24, 2.45) is 17.6 Å². The lowest BCUT2D eigenvalue weighted by Crippen LogP contribution is -2.38. The monoisotopic (exact) mass is 902 g/mol. The Labute approximate surface area is 380 Å². The molecule has 0 spiro atoms. The Morgan fingerprint density at radius 1 is 1.00 bits per heavy atom. The largest absolute Gasteiger partial charge is 0.493 e. The molecule has 5 rings (SSSR count). The minimum Gasteiger partial charge on any atom is -0.493 e. The third-order valence-electron chi connectivity index (χ3n) is 12.1. The van der Waals surface area contributed by atoms with Crippen LogP contribution in [0.2, 0.25) is 0 Å². The van der Waals surface area contributed by atoms with Crippen molar-refractivity contribution in [1.29, 1.82) is 0 Å². The summed E-state index contributed by atoms with van der Waals surface area (Å²) in [6, 6.07) is 5.11. The Bertz CT molecular complexity index is 2250. The number of nitrogens with one attached hydrogen (secondary N) is 2. The molecule has 0 saturated carbocycles. The molecule has 1 aromatic heterocycles. The molecule has 354 valence electrons. The fraction of sp³-hybridized carbons (Fsp3) is 0.531. The van der Waals surface area contributed by atoms with Crippen LogP contribution in [-0.2, 0) is 33.3 Å². The van der Waals surface area contributed by atoms with Crippen molar-refractivity contribution in [2.75, 3.05) is 58.6 Å². The quantitative estimate of drug-likeness (QED) is 0.103. The Balaban J connectivity index is 1.22. The number of hydrogen-bond donors (Lipinski definition) is 4. The smallest absolute Gasteiger partial charge is 0.405 e. The van der Waals surface area contributed by atoms with Crippen LogP contribution in [0.4, 0.5) is 10.7 Å². The first-order chi connectivity index (χ1) is 31.1. The predicted molar refractivity (Wildman–Crippen MR) is 246 cm³/mol.